The van der Waals surface area contributed by atoms with Crippen LogP contribution >= 0.6 is 0 Å². The largest absolute Gasteiger partial charge is 0.382 e. The van der Waals surface area contributed by atoms with Crippen LogP contribution in [0, 0.1) is 0 Å². The SMILES string of the molecule is CC1CC(C(=O)N(C)C2CCOC2C)c2ccccc2N1. The average molecular weight is 288 g/mol. The Morgan fingerprint density at radius 2 is 2.10 bits per heavy atom. The number of benzene rings is 1. The van der Waals surface area contributed by atoms with Gasteiger partial charge in [-0.25, -0.2) is 0 Å². The van der Waals surface area contributed by atoms with E-state index in [2.05, 4.69) is 31.3 Å². The molecule has 1 aromatic rings. The van der Waals surface area contributed by atoms with E-state index in [1.165, 1.54) is 0 Å². The highest BCUT2D eigenvalue weighted by molar-refractivity contribution is 5.86. The second-order valence-electron chi connectivity index (χ2n) is 6.30. The highest BCUT2D eigenvalue weighted by Crippen LogP contribution is 2.36. The van der Waals surface area contributed by atoms with Gasteiger partial charge in [-0.15, -0.1) is 0 Å². The first-order chi connectivity index (χ1) is 10.1. The molecule has 2 heterocycles. The third-order valence-corrected chi connectivity index (χ3v) is 4.81. The fourth-order valence-electron chi connectivity index (χ4n) is 3.61. The molecule has 2 aliphatic rings. The van der Waals surface area contributed by atoms with E-state index in [1.807, 2.05) is 24.1 Å². The van der Waals surface area contributed by atoms with Gasteiger partial charge < -0.3 is 15.0 Å². The van der Waals surface area contributed by atoms with Crippen molar-refractivity contribution in [3.8, 4) is 0 Å². The fourth-order valence-corrected chi connectivity index (χ4v) is 3.61. The molecule has 0 spiro atoms. The number of rotatable bonds is 2. The van der Waals surface area contributed by atoms with Gasteiger partial charge in [0.15, 0.2) is 0 Å². The van der Waals surface area contributed by atoms with Crippen LogP contribution in [0.15, 0.2) is 24.3 Å². The summed E-state index contributed by atoms with van der Waals surface area (Å²) in [6.07, 6.45) is 1.92. The minimum Gasteiger partial charge on any atom is -0.382 e. The highest BCUT2D eigenvalue weighted by atomic mass is 16.5. The van der Waals surface area contributed by atoms with Crippen LogP contribution in [-0.2, 0) is 9.53 Å². The predicted octanol–water partition coefficient (Wildman–Crippen LogP) is 2.61. The van der Waals surface area contributed by atoms with Crippen molar-refractivity contribution in [3.63, 3.8) is 0 Å². The maximum Gasteiger partial charge on any atom is 0.230 e. The molecule has 114 valence electrons. The Balaban J connectivity index is 1.84. The van der Waals surface area contributed by atoms with Gasteiger partial charge in [0.25, 0.3) is 0 Å². The monoisotopic (exact) mass is 288 g/mol. The standard InChI is InChI=1S/C17H24N2O2/c1-11-10-14(13-6-4-5-7-15(13)18-11)17(20)19(3)16-8-9-21-12(16)2/h4-7,11-12,14,16,18H,8-10H2,1-3H3. The minimum atomic E-state index is -0.0461. The van der Waals surface area contributed by atoms with Crippen molar-refractivity contribution in [1.82, 2.24) is 4.90 Å². The molecular formula is C17H24N2O2. The van der Waals surface area contributed by atoms with Gasteiger partial charge >= 0.3 is 0 Å². The molecule has 1 amide bonds. The topological polar surface area (TPSA) is 41.6 Å². The van der Waals surface area contributed by atoms with Gasteiger partial charge in [-0.1, -0.05) is 18.2 Å². The summed E-state index contributed by atoms with van der Waals surface area (Å²) in [6, 6.07) is 8.68. The van der Waals surface area contributed by atoms with Gasteiger partial charge in [-0.05, 0) is 38.3 Å². The van der Waals surface area contributed by atoms with Crippen molar-refractivity contribution >= 4 is 11.6 Å². The van der Waals surface area contributed by atoms with Crippen LogP contribution in [-0.4, -0.2) is 42.6 Å². The van der Waals surface area contributed by atoms with Gasteiger partial charge in [0.05, 0.1) is 18.1 Å². The second-order valence-corrected chi connectivity index (χ2v) is 6.30. The Labute approximate surface area is 126 Å². The number of hydrogen-bond donors (Lipinski definition) is 1. The Hall–Kier alpha value is -1.55. The van der Waals surface area contributed by atoms with Crippen molar-refractivity contribution in [3.05, 3.63) is 29.8 Å². The van der Waals surface area contributed by atoms with E-state index in [9.17, 15) is 4.79 Å². The lowest BCUT2D eigenvalue weighted by Crippen LogP contribution is -2.45. The molecule has 2 aliphatic heterocycles. The molecule has 1 saturated heterocycles. The molecule has 0 radical (unpaired) electrons. The van der Waals surface area contributed by atoms with Gasteiger partial charge in [0.2, 0.25) is 5.91 Å². The van der Waals surface area contributed by atoms with Crippen LogP contribution in [0.5, 0.6) is 0 Å². The molecule has 0 saturated carbocycles. The zero-order valence-corrected chi connectivity index (χ0v) is 13.0. The first kappa shape index (κ1) is 14.4. The van der Waals surface area contributed by atoms with Gasteiger partial charge in [-0.3, -0.25) is 4.79 Å². The van der Waals surface area contributed by atoms with Crippen LogP contribution in [0.4, 0.5) is 5.69 Å². The zero-order valence-electron chi connectivity index (χ0n) is 13.0. The van der Waals surface area contributed by atoms with Gasteiger partial charge in [0.1, 0.15) is 0 Å². The van der Waals surface area contributed by atoms with Crippen molar-refractivity contribution in [1.29, 1.82) is 0 Å². The lowest BCUT2D eigenvalue weighted by Gasteiger charge is -2.35. The summed E-state index contributed by atoms with van der Waals surface area (Å²) in [5.41, 5.74) is 2.22. The number of carbonyl (C=O) groups is 1. The summed E-state index contributed by atoms with van der Waals surface area (Å²) >= 11 is 0. The first-order valence-corrected chi connectivity index (χ1v) is 7.81. The number of amides is 1. The van der Waals surface area contributed by atoms with Crippen LogP contribution in [0.3, 0.4) is 0 Å². The van der Waals surface area contributed by atoms with E-state index in [-0.39, 0.29) is 24.0 Å². The predicted molar refractivity (Wildman–Crippen MR) is 83.5 cm³/mol. The number of carbonyl (C=O) groups excluding carboxylic acids is 1. The molecule has 0 bridgehead atoms. The molecule has 4 atom stereocenters. The van der Waals surface area contributed by atoms with Crippen molar-refractivity contribution in [2.75, 3.05) is 19.0 Å². The number of fused-ring (bicyclic) bond motifs is 1. The third kappa shape index (κ3) is 2.64. The van der Waals surface area contributed by atoms with Gasteiger partial charge in [0, 0.05) is 25.4 Å². The fraction of sp³-hybridized carbons (Fsp3) is 0.588. The molecule has 1 aromatic carbocycles. The molecule has 21 heavy (non-hydrogen) atoms. The van der Waals surface area contributed by atoms with E-state index in [1.54, 1.807) is 0 Å². The number of hydrogen-bond acceptors (Lipinski definition) is 3. The summed E-state index contributed by atoms with van der Waals surface area (Å²) in [7, 11) is 1.92. The molecule has 4 unspecified atom stereocenters. The zero-order chi connectivity index (χ0) is 15.0. The Morgan fingerprint density at radius 3 is 2.81 bits per heavy atom. The Morgan fingerprint density at radius 1 is 1.33 bits per heavy atom. The van der Waals surface area contributed by atoms with E-state index in [4.69, 9.17) is 4.74 Å². The summed E-state index contributed by atoms with van der Waals surface area (Å²) in [5.74, 6) is 0.174. The lowest BCUT2D eigenvalue weighted by atomic mass is 9.86. The van der Waals surface area contributed by atoms with Crippen LogP contribution in [0.25, 0.3) is 0 Å². The Kier molecular flexibility index (Phi) is 3.89. The number of anilines is 1. The summed E-state index contributed by atoms with van der Waals surface area (Å²) in [4.78, 5) is 14.9. The number of para-hydroxylation sites is 1. The molecule has 0 aliphatic carbocycles. The minimum absolute atomic E-state index is 0.0461. The quantitative estimate of drug-likeness (QED) is 0.909. The summed E-state index contributed by atoms with van der Waals surface area (Å²) in [5, 5.41) is 3.47. The molecule has 4 nitrogen and oxygen atoms in total. The number of ether oxygens (including phenoxy) is 1. The average Bonchev–Trinajstić information content (AvgIpc) is 2.91. The molecule has 1 N–H and O–H groups in total. The molecular weight excluding hydrogens is 264 g/mol. The Bertz CT molecular complexity index is 531. The van der Waals surface area contributed by atoms with E-state index < -0.39 is 0 Å². The van der Waals surface area contributed by atoms with Gasteiger partial charge in [-0.2, -0.15) is 0 Å². The maximum absolute atomic E-state index is 13.0. The van der Waals surface area contributed by atoms with Crippen molar-refractivity contribution in [2.45, 2.75) is 50.8 Å². The lowest BCUT2D eigenvalue weighted by molar-refractivity contribution is -0.134. The molecule has 4 heteroatoms. The van der Waals surface area contributed by atoms with Crippen LogP contribution < -0.4 is 5.32 Å². The van der Waals surface area contributed by atoms with E-state index in [0.717, 1.165) is 30.7 Å². The third-order valence-electron chi connectivity index (χ3n) is 4.81. The van der Waals surface area contributed by atoms with E-state index in [0.29, 0.717) is 6.04 Å². The second kappa shape index (κ2) is 5.68. The molecule has 0 aromatic heterocycles. The highest BCUT2D eigenvalue weighted by Gasteiger charge is 2.36. The maximum atomic E-state index is 13.0. The normalized spacial score (nSPS) is 31.4. The number of likely N-dealkylation sites (N-methyl/N-ethyl adjacent to an activating group) is 1. The molecule has 1 fully saturated rings. The van der Waals surface area contributed by atoms with Crippen LogP contribution in [0.2, 0.25) is 0 Å². The summed E-state index contributed by atoms with van der Waals surface area (Å²) < 4.78 is 5.61. The van der Waals surface area contributed by atoms with E-state index >= 15 is 0 Å². The smallest absolute Gasteiger partial charge is 0.230 e. The first-order valence-electron chi connectivity index (χ1n) is 7.81. The number of nitrogens with zero attached hydrogens (tertiary/aromatic N) is 1. The van der Waals surface area contributed by atoms with Crippen molar-refractivity contribution < 1.29 is 9.53 Å². The molecule has 3 rings (SSSR count). The summed E-state index contributed by atoms with van der Waals surface area (Å²) in [6.45, 7) is 4.95. The van der Waals surface area contributed by atoms with Crippen molar-refractivity contribution in [2.24, 2.45) is 0 Å². The number of nitrogens with one attached hydrogen (secondary N) is 1. The van der Waals surface area contributed by atoms with Crippen LogP contribution in [0.1, 0.15) is 38.2 Å².